The van der Waals surface area contributed by atoms with Crippen LogP contribution in [-0.4, -0.2) is 79.3 Å². The molecule has 0 bridgehead atoms. The van der Waals surface area contributed by atoms with Crippen molar-refractivity contribution in [2.45, 2.75) is 37.5 Å². The Morgan fingerprint density at radius 1 is 1.02 bits per heavy atom. The first-order valence-electron chi connectivity index (χ1n) is 14.4. The standard InChI is InChI=1S/C33H32N4O5/c1-36-12-8-27-28(36)19-37(27)33(38)21-3-5-25(30(16-21)39-2)31-17-26-32(42-31)24(7-11-35-26)20-4-6-29(22(15-20)18-34)41-23-9-13-40-14-10-23/h3-7,11,15-17,23,27-28H,8-10,12-14,19H2,1-2H3. The van der Waals surface area contributed by atoms with Crippen LogP contribution in [0, 0.1) is 11.3 Å². The van der Waals surface area contributed by atoms with Crippen LogP contribution in [0.2, 0.25) is 0 Å². The summed E-state index contributed by atoms with van der Waals surface area (Å²) < 4.78 is 23.7. The summed E-state index contributed by atoms with van der Waals surface area (Å²) in [5.74, 6) is 1.75. The molecule has 9 nitrogen and oxygen atoms in total. The molecule has 2 atom stereocenters. The number of nitrogens with zero attached hydrogens (tertiary/aromatic N) is 4. The maximum absolute atomic E-state index is 13.3. The monoisotopic (exact) mass is 564 g/mol. The van der Waals surface area contributed by atoms with Gasteiger partial charge in [0.1, 0.15) is 34.9 Å². The molecule has 4 aromatic rings. The van der Waals surface area contributed by atoms with E-state index in [-0.39, 0.29) is 18.1 Å². The first-order chi connectivity index (χ1) is 20.5. The van der Waals surface area contributed by atoms with Crippen LogP contribution in [0.15, 0.2) is 59.1 Å². The summed E-state index contributed by atoms with van der Waals surface area (Å²) in [6.07, 6.45) is 4.40. The van der Waals surface area contributed by atoms with Gasteiger partial charge in [0.25, 0.3) is 5.91 Å². The lowest BCUT2D eigenvalue weighted by molar-refractivity contribution is 0.0243. The molecule has 0 N–H and O–H groups in total. The minimum atomic E-state index is 0.0301. The molecule has 0 spiro atoms. The van der Waals surface area contributed by atoms with Gasteiger partial charge in [0, 0.05) is 55.4 Å². The summed E-state index contributed by atoms with van der Waals surface area (Å²) in [6.45, 7) is 3.12. The summed E-state index contributed by atoms with van der Waals surface area (Å²) in [7, 11) is 3.72. The highest BCUT2D eigenvalue weighted by Gasteiger charge is 2.47. The molecule has 3 fully saturated rings. The van der Waals surface area contributed by atoms with E-state index in [0.717, 1.165) is 49.0 Å². The molecule has 0 saturated carbocycles. The number of ether oxygens (including phenoxy) is 3. The highest BCUT2D eigenvalue weighted by atomic mass is 16.5. The number of benzene rings is 2. The Labute approximate surface area is 244 Å². The van der Waals surface area contributed by atoms with Crippen LogP contribution in [0.3, 0.4) is 0 Å². The van der Waals surface area contributed by atoms with Gasteiger partial charge in [0.05, 0.1) is 37.5 Å². The van der Waals surface area contributed by atoms with E-state index in [2.05, 4.69) is 23.0 Å². The van der Waals surface area contributed by atoms with E-state index in [1.807, 2.05) is 47.4 Å². The quantitative estimate of drug-likeness (QED) is 0.318. The van der Waals surface area contributed by atoms with Crippen molar-refractivity contribution in [1.82, 2.24) is 14.8 Å². The number of aromatic nitrogens is 1. The van der Waals surface area contributed by atoms with Crippen LogP contribution >= 0.6 is 0 Å². The second-order valence-corrected chi connectivity index (χ2v) is 11.2. The van der Waals surface area contributed by atoms with Crippen molar-refractivity contribution < 1.29 is 23.4 Å². The molecule has 3 aliphatic heterocycles. The molecule has 2 unspecified atom stereocenters. The van der Waals surface area contributed by atoms with Gasteiger partial charge in [-0.15, -0.1) is 0 Å². The lowest BCUT2D eigenvalue weighted by atomic mass is 9.95. The number of pyridine rings is 1. The van der Waals surface area contributed by atoms with Gasteiger partial charge in [-0.3, -0.25) is 14.7 Å². The van der Waals surface area contributed by atoms with Gasteiger partial charge in [-0.2, -0.15) is 5.26 Å². The highest BCUT2D eigenvalue weighted by molar-refractivity contribution is 5.97. The van der Waals surface area contributed by atoms with Crippen LogP contribution in [-0.2, 0) is 4.74 Å². The second-order valence-electron chi connectivity index (χ2n) is 11.2. The molecule has 2 aromatic heterocycles. The third-order valence-corrected chi connectivity index (χ3v) is 8.83. The fraction of sp³-hybridized carbons (Fsp3) is 0.364. The number of furan rings is 1. The SMILES string of the molecule is COc1cc(C(=O)N2CC3C2CCN3C)ccc1-c1cc2nccc(-c3ccc(OC4CCOCC4)c(C#N)c3)c2o1. The van der Waals surface area contributed by atoms with Crippen molar-refractivity contribution in [3.8, 4) is 40.0 Å². The number of likely N-dealkylation sites (N-methyl/N-ethyl adjacent to an activating group) is 1. The topological polar surface area (TPSA) is 101 Å². The summed E-state index contributed by atoms with van der Waals surface area (Å²) in [5.41, 5.74) is 4.74. The molecule has 42 heavy (non-hydrogen) atoms. The van der Waals surface area contributed by atoms with Crippen molar-refractivity contribution in [1.29, 1.82) is 5.26 Å². The maximum atomic E-state index is 13.3. The Morgan fingerprint density at radius 2 is 1.88 bits per heavy atom. The third kappa shape index (κ3) is 4.57. The largest absolute Gasteiger partial charge is 0.496 e. The van der Waals surface area contributed by atoms with E-state index >= 15 is 0 Å². The first kappa shape index (κ1) is 26.5. The number of nitriles is 1. The van der Waals surface area contributed by atoms with Crippen molar-refractivity contribution in [3.05, 3.63) is 65.9 Å². The van der Waals surface area contributed by atoms with Gasteiger partial charge < -0.3 is 23.5 Å². The number of hydrogen-bond acceptors (Lipinski definition) is 8. The van der Waals surface area contributed by atoms with E-state index in [1.165, 1.54) is 0 Å². The second kappa shape index (κ2) is 10.8. The van der Waals surface area contributed by atoms with E-state index in [0.29, 0.717) is 58.7 Å². The Morgan fingerprint density at radius 3 is 2.67 bits per heavy atom. The molecule has 214 valence electrons. The van der Waals surface area contributed by atoms with E-state index < -0.39 is 0 Å². The minimum absolute atomic E-state index is 0.0301. The highest BCUT2D eigenvalue weighted by Crippen LogP contribution is 2.39. The van der Waals surface area contributed by atoms with Crippen molar-refractivity contribution in [2.24, 2.45) is 0 Å². The lowest BCUT2D eigenvalue weighted by Crippen LogP contribution is -2.62. The zero-order valence-electron chi connectivity index (χ0n) is 23.7. The molecule has 0 radical (unpaired) electrons. The van der Waals surface area contributed by atoms with E-state index in [9.17, 15) is 10.1 Å². The van der Waals surface area contributed by atoms with Crippen LogP contribution in [0.4, 0.5) is 0 Å². The maximum Gasteiger partial charge on any atom is 0.254 e. The molecular weight excluding hydrogens is 532 g/mol. The number of carbonyl (C=O) groups excluding carboxylic acids is 1. The average molecular weight is 565 g/mol. The van der Waals surface area contributed by atoms with Crippen molar-refractivity contribution in [3.63, 3.8) is 0 Å². The number of carbonyl (C=O) groups is 1. The minimum Gasteiger partial charge on any atom is -0.496 e. The Hall–Kier alpha value is -4.39. The Kier molecular flexibility index (Phi) is 6.81. The van der Waals surface area contributed by atoms with E-state index in [1.54, 1.807) is 19.4 Å². The lowest BCUT2D eigenvalue weighted by Gasteiger charge is -2.46. The summed E-state index contributed by atoms with van der Waals surface area (Å²) in [5, 5.41) is 9.88. The molecule has 9 heteroatoms. The van der Waals surface area contributed by atoms with Gasteiger partial charge in [-0.05, 0) is 55.4 Å². The number of hydrogen-bond donors (Lipinski definition) is 0. The van der Waals surface area contributed by atoms with Crippen molar-refractivity contribution in [2.75, 3.05) is 40.5 Å². The van der Waals surface area contributed by atoms with Crippen LogP contribution in [0.25, 0.3) is 33.6 Å². The molecule has 7 rings (SSSR count). The molecule has 0 aliphatic carbocycles. The Balaban J connectivity index is 1.18. The summed E-state index contributed by atoms with van der Waals surface area (Å²) in [4.78, 5) is 22.1. The van der Waals surface area contributed by atoms with Gasteiger partial charge in [0.2, 0.25) is 0 Å². The average Bonchev–Trinajstić information content (AvgIpc) is 3.57. The third-order valence-electron chi connectivity index (χ3n) is 8.83. The number of likely N-dealkylation sites (tertiary alicyclic amines) is 2. The predicted molar refractivity (Wildman–Crippen MR) is 156 cm³/mol. The summed E-state index contributed by atoms with van der Waals surface area (Å²) in [6, 6.07) is 17.9. The van der Waals surface area contributed by atoms with Gasteiger partial charge in [0.15, 0.2) is 5.58 Å². The van der Waals surface area contributed by atoms with E-state index in [4.69, 9.17) is 18.6 Å². The molecule has 1 amide bonds. The number of rotatable bonds is 6. The Bertz CT molecular complexity index is 1700. The summed E-state index contributed by atoms with van der Waals surface area (Å²) >= 11 is 0. The first-order valence-corrected chi connectivity index (χ1v) is 14.4. The fourth-order valence-corrected chi connectivity index (χ4v) is 6.40. The zero-order valence-corrected chi connectivity index (χ0v) is 23.7. The fourth-order valence-electron chi connectivity index (χ4n) is 6.40. The normalized spacial score (nSPS) is 20.6. The van der Waals surface area contributed by atoms with Crippen molar-refractivity contribution >= 4 is 17.0 Å². The predicted octanol–water partition coefficient (Wildman–Crippen LogP) is 5.13. The van der Waals surface area contributed by atoms with Gasteiger partial charge in [-0.25, -0.2) is 0 Å². The molecule has 3 saturated heterocycles. The van der Waals surface area contributed by atoms with Crippen LogP contribution in [0.5, 0.6) is 11.5 Å². The van der Waals surface area contributed by atoms with Crippen LogP contribution < -0.4 is 9.47 Å². The van der Waals surface area contributed by atoms with Gasteiger partial charge >= 0.3 is 0 Å². The number of amides is 1. The molecule has 3 aliphatic rings. The molecular formula is C33H32N4O5. The van der Waals surface area contributed by atoms with Gasteiger partial charge in [-0.1, -0.05) is 6.07 Å². The molecule has 5 heterocycles. The number of fused-ring (bicyclic) bond motifs is 2. The smallest absolute Gasteiger partial charge is 0.254 e. The van der Waals surface area contributed by atoms with Crippen LogP contribution in [0.1, 0.15) is 35.2 Å². The zero-order chi connectivity index (χ0) is 28.8. The molecule has 2 aromatic carbocycles. The number of methoxy groups -OCH3 is 1.